The lowest BCUT2D eigenvalue weighted by Crippen LogP contribution is -1.96. The van der Waals surface area contributed by atoms with Crippen LogP contribution in [0.15, 0.2) is 36.5 Å². The predicted octanol–water partition coefficient (Wildman–Crippen LogP) is 1.90. The molecule has 0 fully saturated rings. The highest BCUT2D eigenvalue weighted by Gasteiger charge is 2.04. The quantitative estimate of drug-likeness (QED) is 0.685. The first-order chi connectivity index (χ1) is 6.81. The summed E-state index contributed by atoms with van der Waals surface area (Å²) in [5.74, 6) is 2.24. The van der Waals surface area contributed by atoms with Crippen LogP contribution in [0.25, 0.3) is 10.8 Å². The fourth-order valence-corrected chi connectivity index (χ4v) is 1.34. The van der Waals surface area contributed by atoms with Crippen LogP contribution in [-0.2, 0) is 0 Å². The molecule has 1 atom stereocenters. The van der Waals surface area contributed by atoms with Crippen LogP contribution < -0.4 is 0 Å². The Kier molecular flexibility index (Phi) is 2.18. The Morgan fingerprint density at radius 3 is 2.71 bits per heavy atom. The zero-order valence-electron chi connectivity index (χ0n) is 7.51. The van der Waals surface area contributed by atoms with Crippen molar-refractivity contribution in [3.05, 3.63) is 42.2 Å². The van der Waals surface area contributed by atoms with E-state index in [1.165, 1.54) is 0 Å². The van der Waals surface area contributed by atoms with Crippen LogP contribution in [0, 0.1) is 12.3 Å². The summed E-state index contributed by atoms with van der Waals surface area (Å²) < 4.78 is 0. The highest BCUT2D eigenvalue weighted by atomic mass is 16.3. The molecule has 0 radical (unpaired) electrons. The second kappa shape index (κ2) is 3.49. The van der Waals surface area contributed by atoms with Gasteiger partial charge >= 0.3 is 0 Å². The van der Waals surface area contributed by atoms with Gasteiger partial charge in [0.15, 0.2) is 6.10 Å². The predicted molar refractivity (Wildman–Crippen MR) is 55.5 cm³/mol. The molecule has 0 aliphatic heterocycles. The maximum Gasteiger partial charge on any atom is 0.156 e. The van der Waals surface area contributed by atoms with Crippen molar-refractivity contribution in [3.63, 3.8) is 0 Å². The Balaban J connectivity index is 2.58. The first-order valence-corrected chi connectivity index (χ1v) is 4.30. The minimum absolute atomic E-state index is 0.520. The minimum Gasteiger partial charge on any atom is -0.374 e. The molecule has 2 heteroatoms. The number of aliphatic hydroxyl groups is 1. The van der Waals surface area contributed by atoms with E-state index < -0.39 is 6.10 Å². The van der Waals surface area contributed by atoms with E-state index in [4.69, 9.17) is 6.42 Å². The number of hydrogen-bond acceptors (Lipinski definition) is 2. The van der Waals surface area contributed by atoms with Gasteiger partial charge < -0.3 is 5.11 Å². The van der Waals surface area contributed by atoms with Gasteiger partial charge in [0.2, 0.25) is 0 Å². The number of pyridine rings is 1. The molecule has 1 aromatic carbocycles. The van der Waals surface area contributed by atoms with Crippen molar-refractivity contribution >= 4 is 10.8 Å². The van der Waals surface area contributed by atoms with Gasteiger partial charge in [0.05, 0.1) is 5.69 Å². The number of hydrogen-bond donors (Lipinski definition) is 1. The van der Waals surface area contributed by atoms with Crippen LogP contribution in [0.1, 0.15) is 11.8 Å². The third kappa shape index (κ3) is 1.46. The molecule has 0 saturated carbocycles. The van der Waals surface area contributed by atoms with Crippen molar-refractivity contribution < 1.29 is 5.11 Å². The number of fused-ring (bicyclic) bond motifs is 1. The summed E-state index contributed by atoms with van der Waals surface area (Å²) in [6.07, 6.45) is 5.90. The van der Waals surface area contributed by atoms with Crippen molar-refractivity contribution in [2.45, 2.75) is 6.10 Å². The van der Waals surface area contributed by atoms with Crippen LogP contribution in [0.2, 0.25) is 0 Å². The van der Waals surface area contributed by atoms with Gasteiger partial charge in [0.1, 0.15) is 0 Å². The molecule has 0 unspecified atom stereocenters. The fraction of sp³-hybridized carbons (Fsp3) is 0.0833. The van der Waals surface area contributed by atoms with Crippen LogP contribution in [0.5, 0.6) is 0 Å². The second-order valence-electron chi connectivity index (χ2n) is 3.03. The molecule has 2 aromatic rings. The molecule has 14 heavy (non-hydrogen) atoms. The standard InChI is InChI=1S/C12H9NO/c1-2-12(14)11-7-9-5-3-4-6-10(9)8-13-11/h1,3-8,12,14H/t12-/m0/s1. The van der Waals surface area contributed by atoms with E-state index in [9.17, 15) is 5.11 Å². The van der Waals surface area contributed by atoms with Crippen LogP contribution in [-0.4, -0.2) is 10.1 Å². The van der Waals surface area contributed by atoms with Crippen molar-refractivity contribution in [2.24, 2.45) is 0 Å². The summed E-state index contributed by atoms with van der Waals surface area (Å²) in [6, 6.07) is 9.62. The molecule has 0 aliphatic rings. The molecule has 68 valence electrons. The average molecular weight is 183 g/mol. The summed E-state index contributed by atoms with van der Waals surface area (Å²) in [5, 5.41) is 11.5. The van der Waals surface area contributed by atoms with E-state index in [0.717, 1.165) is 10.8 Å². The number of nitrogens with zero attached hydrogens (tertiary/aromatic N) is 1. The molecule has 1 heterocycles. The second-order valence-corrected chi connectivity index (χ2v) is 3.03. The number of aliphatic hydroxyl groups excluding tert-OH is 1. The maximum absolute atomic E-state index is 9.39. The summed E-state index contributed by atoms with van der Waals surface area (Å²) in [6.45, 7) is 0. The lowest BCUT2D eigenvalue weighted by molar-refractivity contribution is 0.234. The first kappa shape index (κ1) is 8.74. The lowest BCUT2D eigenvalue weighted by Gasteiger charge is -2.03. The van der Waals surface area contributed by atoms with Gasteiger partial charge in [-0.05, 0) is 11.5 Å². The topological polar surface area (TPSA) is 33.1 Å². The van der Waals surface area contributed by atoms with Crippen LogP contribution in [0.3, 0.4) is 0 Å². The molecule has 2 nitrogen and oxygen atoms in total. The number of benzene rings is 1. The maximum atomic E-state index is 9.39. The minimum atomic E-state index is -0.917. The summed E-state index contributed by atoms with van der Waals surface area (Å²) in [7, 11) is 0. The highest BCUT2D eigenvalue weighted by molar-refractivity contribution is 5.81. The number of rotatable bonds is 1. The summed E-state index contributed by atoms with van der Waals surface area (Å²) >= 11 is 0. The van der Waals surface area contributed by atoms with Gasteiger partial charge in [-0.1, -0.05) is 30.2 Å². The van der Waals surface area contributed by atoms with E-state index >= 15 is 0 Å². The first-order valence-electron chi connectivity index (χ1n) is 4.30. The van der Waals surface area contributed by atoms with Gasteiger partial charge in [-0.2, -0.15) is 0 Å². The smallest absolute Gasteiger partial charge is 0.156 e. The molecular weight excluding hydrogens is 174 g/mol. The number of terminal acetylenes is 1. The zero-order valence-corrected chi connectivity index (χ0v) is 7.51. The van der Waals surface area contributed by atoms with E-state index in [2.05, 4.69) is 10.9 Å². The third-order valence-electron chi connectivity index (χ3n) is 2.09. The molecule has 0 spiro atoms. The average Bonchev–Trinajstić information content (AvgIpc) is 2.27. The van der Waals surface area contributed by atoms with Crippen molar-refractivity contribution in [1.82, 2.24) is 4.98 Å². The highest BCUT2D eigenvalue weighted by Crippen LogP contribution is 2.16. The zero-order chi connectivity index (χ0) is 9.97. The van der Waals surface area contributed by atoms with E-state index in [-0.39, 0.29) is 0 Å². The normalized spacial score (nSPS) is 12.3. The van der Waals surface area contributed by atoms with E-state index in [1.807, 2.05) is 24.3 Å². The summed E-state index contributed by atoms with van der Waals surface area (Å²) in [5.41, 5.74) is 0.520. The van der Waals surface area contributed by atoms with Crippen molar-refractivity contribution in [1.29, 1.82) is 0 Å². The molecule has 1 aromatic heterocycles. The molecule has 0 aliphatic carbocycles. The molecule has 2 rings (SSSR count). The molecule has 1 N–H and O–H groups in total. The van der Waals surface area contributed by atoms with Crippen molar-refractivity contribution in [3.8, 4) is 12.3 Å². The van der Waals surface area contributed by atoms with Gasteiger partial charge in [-0.15, -0.1) is 6.42 Å². The number of aromatic nitrogens is 1. The third-order valence-corrected chi connectivity index (χ3v) is 2.09. The molecular formula is C12H9NO. The lowest BCUT2D eigenvalue weighted by atomic mass is 10.1. The van der Waals surface area contributed by atoms with Crippen LogP contribution in [0.4, 0.5) is 0 Å². The Morgan fingerprint density at radius 2 is 2.00 bits per heavy atom. The Labute approximate surface area is 82.2 Å². The Morgan fingerprint density at radius 1 is 1.29 bits per heavy atom. The van der Waals surface area contributed by atoms with Gasteiger partial charge in [0.25, 0.3) is 0 Å². The van der Waals surface area contributed by atoms with Gasteiger partial charge in [-0.3, -0.25) is 4.98 Å². The van der Waals surface area contributed by atoms with Gasteiger partial charge in [0, 0.05) is 11.6 Å². The summed E-state index contributed by atoms with van der Waals surface area (Å²) in [4.78, 5) is 4.09. The largest absolute Gasteiger partial charge is 0.374 e. The van der Waals surface area contributed by atoms with Crippen molar-refractivity contribution in [2.75, 3.05) is 0 Å². The molecule has 0 bridgehead atoms. The fourth-order valence-electron chi connectivity index (χ4n) is 1.34. The molecule has 0 saturated heterocycles. The monoisotopic (exact) mass is 183 g/mol. The molecule has 0 amide bonds. The van der Waals surface area contributed by atoms with Gasteiger partial charge in [-0.25, -0.2) is 0 Å². The Hall–Kier alpha value is -1.85. The Bertz CT molecular complexity index is 499. The van der Waals surface area contributed by atoms with E-state index in [1.54, 1.807) is 12.3 Å². The van der Waals surface area contributed by atoms with Crippen LogP contribution >= 0.6 is 0 Å². The van der Waals surface area contributed by atoms with E-state index in [0.29, 0.717) is 5.69 Å². The SMILES string of the molecule is C#C[C@H](O)c1cc2ccccc2cn1.